The lowest BCUT2D eigenvalue weighted by Gasteiger charge is -2.11. The molecule has 7 nitrogen and oxygen atoms in total. The van der Waals surface area contributed by atoms with Crippen molar-refractivity contribution in [2.24, 2.45) is 5.73 Å². The van der Waals surface area contributed by atoms with Gasteiger partial charge >= 0.3 is 5.97 Å². The normalized spacial score (nSPS) is 11.5. The number of hydrogen-bond acceptors (Lipinski definition) is 6. The molecule has 1 rings (SSSR count). The highest BCUT2D eigenvalue weighted by molar-refractivity contribution is 6.01. The van der Waals surface area contributed by atoms with Crippen LogP contribution in [0.1, 0.15) is 12.5 Å². The van der Waals surface area contributed by atoms with Gasteiger partial charge in [-0.15, -0.1) is 0 Å². The number of rotatable bonds is 6. The van der Waals surface area contributed by atoms with Crippen molar-refractivity contribution in [1.29, 1.82) is 0 Å². The van der Waals surface area contributed by atoms with Crippen molar-refractivity contribution in [2.45, 2.75) is 19.5 Å². The summed E-state index contributed by atoms with van der Waals surface area (Å²) in [5, 5.41) is 2.54. The van der Waals surface area contributed by atoms with E-state index in [1.165, 1.54) is 7.11 Å². The van der Waals surface area contributed by atoms with Gasteiger partial charge in [0.2, 0.25) is 11.8 Å². The number of nitrogens with two attached hydrogens (primary N) is 1. The monoisotopic (exact) mass is 267 g/mol. The van der Waals surface area contributed by atoms with Crippen molar-refractivity contribution >= 4 is 11.9 Å². The molecular formula is C12H17N3O4. The molecule has 0 fully saturated rings. The number of nitrogens with zero attached hydrogens (tertiary/aromatic N) is 1. The highest BCUT2D eigenvalue weighted by atomic mass is 16.5. The van der Waals surface area contributed by atoms with Crippen molar-refractivity contribution < 1.29 is 19.1 Å². The Morgan fingerprint density at radius 3 is 2.89 bits per heavy atom. The minimum absolute atomic E-state index is 0.182. The van der Waals surface area contributed by atoms with Gasteiger partial charge < -0.3 is 20.5 Å². The number of aromatic nitrogens is 1. The van der Waals surface area contributed by atoms with Crippen molar-refractivity contribution in [1.82, 2.24) is 10.3 Å². The molecular weight excluding hydrogens is 250 g/mol. The molecule has 0 aliphatic carbocycles. The molecule has 3 N–H and O–H groups in total. The maximum atomic E-state index is 11.6. The molecule has 0 saturated carbocycles. The van der Waals surface area contributed by atoms with Crippen LogP contribution in [0.5, 0.6) is 5.88 Å². The number of pyridine rings is 1. The zero-order valence-corrected chi connectivity index (χ0v) is 10.9. The summed E-state index contributed by atoms with van der Waals surface area (Å²) in [5.41, 5.74) is 6.23. The molecule has 1 heterocycles. The zero-order valence-electron chi connectivity index (χ0n) is 10.9. The van der Waals surface area contributed by atoms with E-state index in [0.717, 1.165) is 5.56 Å². The van der Waals surface area contributed by atoms with Gasteiger partial charge in [-0.2, -0.15) is 0 Å². The first kappa shape index (κ1) is 14.9. The van der Waals surface area contributed by atoms with Gasteiger partial charge in [-0.25, -0.2) is 9.78 Å². The van der Waals surface area contributed by atoms with E-state index < -0.39 is 17.9 Å². The second-order valence-electron chi connectivity index (χ2n) is 3.65. The molecule has 104 valence electrons. The van der Waals surface area contributed by atoms with Gasteiger partial charge in [-0.05, 0) is 18.6 Å². The van der Waals surface area contributed by atoms with Crippen LogP contribution < -0.4 is 15.8 Å². The van der Waals surface area contributed by atoms with E-state index in [4.69, 9.17) is 10.5 Å². The van der Waals surface area contributed by atoms with Crippen LogP contribution in [-0.2, 0) is 20.9 Å². The van der Waals surface area contributed by atoms with Crippen molar-refractivity contribution in [3.8, 4) is 5.88 Å². The van der Waals surface area contributed by atoms with Crippen LogP contribution >= 0.6 is 0 Å². The zero-order chi connectivity index (χ0) is 14.3. The summed E-state index contributed by atoms with van der Waals surface area (Å²) in [6, 6.07) is 2.08. The lowest BCUT2D eigenvalue weighted by atomic mass is 10.2. The van der Waals surface area contributed by atoms with Crippen molar-refractivity contribution in [2.75, 3.05) is 13.7 Å². The highest BCUT2D eigenvalue weighted by Crippen LogP contribution is 2.07. The van der Waals surface area contributed by atoms with E-state index in [1.807, 2.05) is 0 Å². The number of carbonyl (C=O) groups is 2. The SMILES string of the molecule is CCOC(=O)C(N)C(=O)NCc1ccnc(OC)c1. The lowest BCUT2D eigenvalue weighted by molar-refractivity contribution is -0.148. The number of methoxy groups -OCH3 is 1. The Kier molecular flexibility index (Phi) is 5.74. The van der Waals surface area contributed by atoms with E-state index in [1.54, 1.807) is 25.3 Å². The van der Waals surface area contributed by atoms with E-state index >= 15 is 0 Å². The summed E-state index contributed by atoms with van der Waals surface area (Å²) in [7, 11) is 1.50. The molecule has 0 saturated heterocycles. The van der Waals surface area contributed by atoms with Crippen molar-refractivity contribution in [3.05, 3.63) is 23.9 Å². The molecule has 1 aromatic heterocycles. The summed E-state index contributed by atoms with van der Waals surface area (Å²) in [4.78, 5) is 26.8. The Labute approximate surface area is 111 Å². The van der Waals surface area contributed by atoms with Gasteiger partial charge in [-0.1, -0.05) is 0 Å². The summed E-state index contributed by atoms with van der Waals surface area (Å²) in [6.45, 7) is 2.05. The average molecular weight is 267 g/mol. The third-order valence-corrected chi connectivity index (χ3v) is 2.30. The van der Waals surface area contributed by atoms with Crippen LogP contribution in [0.4, 0.5) is 0 Å². The Hall–Kier alpha value is -2.15. The van der Waals surface area contributed by atoms with Gasteiger partial charge in [-0.3, -0.25) is 4.79 Å². The van der Waals surface area contributed by atoms with Gasteiger partial charge in [0, 0.05) is 18.8 Å². The molecule has 7 heteroatoms. The molecule has 19 heavy (non-hydrogen) atoms. The fraction of sp³-hybridized carbons (Fsp3) is 0.417. The summed E-state index contributed by atoms with van der Waals surface area (Å²) in [5.74, 6) is -0.886. The van der Waals surface area contributed by atoms with Gasteiger partial charge in [0.1, 0.15) is 0 Å². The van der Waals surface area contributed by atoms with Gasteiger partial charge in [0.25, 0.3) is 0 Å². The van der Waals surface area contributed by atoms with Crippen LogP contribution in [0.15, 0.2) is 18.3 Å². The Morgan fingerprint density at radius 1 is 1.53 bits per heavy atom. The fourth-order valence-electron chi connectivity index (χ4n) is 1.31. The molecule has 1 aromatic rings. The largest absolute Gasteiger partial charge is 0.481 e. The first-order valence-electron chi connectivity index (χ1n) is 5.77. The minimum Gasteiger partial charge on any atom is -0.481 e. The molecule has 0 radical (unpaired) electrons. The maximum Gasteiger partial charge on any atom is 0.332 e. The number of carbonyl (C=O) groups excluding carboxylic acids is 2. The molecule has 0 spiro atoms. The average Bonchev–Trinajstić information content (AvgIpc) is 2.44. The van der Waals surface area contributed by atoms with E-state index in [-0.39, 0.29) is 13.2 Å². The second kappa shape index (κ2) is 7.32. The van der Waals surface area contributed by atoms with E-state index in [9.17, 15) is 9.59 Å². The number of hydrogen-bond donors (Lipinski definition) is 2. The molecule has 0 aromatic carbocycles. The van der Waals surface area contributed by atoms with Crippen LogP contribution in [0, 0.1) is 0 Å². The number of nitrogens with one attached hydrogen (secondary N) is 1. The van der Waals surface area contributed by atoms with Crippen LogP contribution in [0.3, 0.4) is 0 Å². The third-order valence-electron chi connectivity index (χ3n) is 2.30. The molecule has 0 aliphatic rings. The predicted molar refractivity (Wildman–Crippen MR) is 67.2 cm³/mol. The molecule has 1 unspecified atom stereocenters. The molecule has 0 aliphatic heterocycles. The smallest absolute Gasteiger partial charge is 0.332 e. The highest BCUT2D eigenvalue weighted by Gasteiger charge is 2.22. The second-order valence-corrected chi connectivity index (χ2v) is 3.65. The lowest BCUT2D eigenvalue weighted by Crippen LogP contribution is -2.46. The van der Waals surface area contributed by atoms with E-state index in [0.29, 0.717) is 5.88 Å². The Morgan fingerprint density at radius 2 is 2.26 bits per heavy atom. The Balaban J connectivity index is 2.51. The quantitative estimate of drug-likeness (QED) is 0.537. The topological polar surface area (TPSA) is 104 Å². The van der Waals surface area contributed by atoms with Gasteiger partial charge in [0.05, 0.1) is 13.7 Å². The number of esters is 1. The number of ether oxygens (including phenoxy) is 2. The standard InChI is InChI=1S/C12H17N3O4/c1-3-19-12(17)10(13)11(16)15-7-8-4-5-14-9(6-8)18-2/h4-6,10H,3,7,13H2,1-2H3,(H,15,16). The first-order chi connectivity index (χ1) is 9.08. The maximum absolute atomic E-state index is 11.6. The predicted octanol–water partition coefficient (Wildman–Crippen LogP) is -0.403. The first-order valence-corrected chi connectivity index (χ1v) is 5.77. The van der Waals surface area contributed by atoms with Crippen LogP contribution in [0.2, 0.25) is 0 Å². The minimum atomic E-state index is -1.32. The van der Waals surface area contributed by atoms with Gasteiger partial charge in [0.15, 0.2) is 6.04 Å². The summed E-state index contributed by atoms with van der Waals surface area (Å²) >= 11 is 0. The number of amides is 1. The Bertz CT molecular complexity index is 450. The van der Waals surface area contributed by atoms with Crippen LogP contribution in [-0.4, -0.2) is 36.6 Å². The summed E-state index contributed by atoms with van der Waals surface area (Å²) < 4.78 is 9.62. The van der Waals surface area contributed by atoms with Crippen molar-refractivity contribution in [3.63, 3.8) is 0 Å². The summed E-state index contributed by atoms with van der Waals surface area (Å²) in [6.07, 6.45) is 1.56. The molecule has 1 atom stereocenters. The fourth-order valence-corrected chi connectivity index (χ4v) is 1.31. The third kappa shape index (κ3) is 4.55. The van der Waals surface area contributed by atoms with E-state index in [2.05, 4.69) is 15.0 Å². The molecule has 0 bridgehead atoms. The molecule has 1 amide bonds. The van der Waals surface area contributed by atoms with Crippen LogP contribution in [0.25, 0.3) is 0 Å².